The average Bonchev–Trinajstić information content (AvgIpc) is 2.72. The van der Waals surface area contributed by atoms with Crippen LogP contribution in [-0.2, 0) is 0 Å². The number of hydrogen-bond donors (Lipinski definition) is 1. The molecule has 146 valence electrons. The van der Waals surface area contributed by atoms with Gasteiger partial charge in [-0.1, -0.05) is 109 Å². The molecule has 1 nitrogen and oxygen atoms in total. The second-order valence-corrected chi connectivity index (χ2v) is 4.28. The van der Waals surface area contributed by atoms with Gasteiger partial charge in [-0.3, -0.25) is 0 Å². The maximum absolute atomic E-state index is 10.5. The van der Waals surface area contributed by atoms with E-state index in [9.17, 15) is 5.11 Å². The third-order valence-electron chi connectivity index (χ3n) is 3.04. The molecule has 0 aromatic heterocycles. The second-order valence-electron chi connectivity index (χ2n) is 4.28. The van der Waals surface area contributed by atoms with Gasteiger partial charge < -0.3 is 5.11 Å². The summed E-state index contributed by atoms with van der Waals surface area (Å²) in [5, 5.41) is 10.5. The Morgan fingerprint density at radius 2 is 1.23 bits per heavy atom. The summed E-state index contributed by atoms with van der Waals surface area (Å²) < 4.78 is 0. The summed E-state index contributed by atoms with van der Waals surface area (Å²) in [6, 6.07) is 5.81. The van der Waals surface area contributed by atoms with Gasteiger partial charge in [0.15, 0.2) is 0 Å². The van der Waals surface area contributed by atoms with E-state index in [-0.39, 0.29) is 0 Å². The molecule has 0 aliphatic heterocycles. The molecule has 1 aromatic rings. The zero-order valence-electron chi connectivity index (χ0n) is 18.4. The van der Waals surface area contributed by atoms with Gasteiger partial charge in [0.25, 0.3) is 0 Å². The van der Waals surface area contributed by atoms with Crippen molar-refractivity contribution in [2.24, 2.45) is 0 Å². The maximum atomic E-state index is 10.5. The molecule has 1 N–H and O–H groups in total. The van der Waals surface area contributed by atoms with Gasteiger partial charge in [-0.2, -0.15) is 0 Å². The van der Waals surface area contributed by atoms with Gasteiger partial charge in [-0.05, 0) is 31.9 Å². The molecule has 0 saturated carbocycles. The lowest BCUT2D eigenvalue weighted by Gasteiger charge is -2.11. The van der Waals surface area contributed by atoms with Gasteiger partial charge in [0, 0.05) is 11.1 Å². The SMILES string of the molecule is C=C/C=C\C(=C/C)c1cccc(C(/C=C\C)=C/C)c1O.CC.CC.CC. The molecule has 0 fully saturated rings. The molecule has 1 heteroatoms. The van der Waals surface area contributed by atoms with Gasteiger partial charge >= 0.3 is 0 Å². The molecule has 0 spiro atoms. The third-order valence-corrected chi connectivity index (χ3v) is 3.04. The van der Waals surface area contributed by atoms with Crippen molar-refractivity contribution in [2.75, 3.05) is 0 Å². The molecular formula is C25H40O. The fourth-order valence-electron chi connectivity index (χ4n) is 2.04. The van der Waals surface area contributed by atoms with Crippen LogP contribution in [0.2, 0.25) is 0 Å². The second kappa shape index (κ2) is 20.8. The molecule has 26 heavy (non-hydrogen) atoms. The number of phenols is 1. The van der Waals surface area contributed by atoms with Crippen LogP contribution in [0.5, 0.6) is 5.75 Å². The van der Waals surface area contributed by atoms with E-state index in [2.05, 4.69) is 6.58 Å². The molecule has 0 unspecified atom stereocenters. The Morgan fingerprint density at radius 1 is 0.808 bits per heavy atom. The maximum Gasteiger partial charge on any atom is 0.131 e. The van der Waals surface area contributed by atoms with Crippen molar-refractivity contribution in [3.05, 3.63) is 78.4 Å². The highest BCUT2D eigenvalue weighted by atomic mass is 16.3. The number of phenolic OH excluding ortho intramolecular Hbond substituents is 1. The summed E-state index contributed by atoms with van der Waals surface area (Å²) in [6.07, 6.45) is 13.5. The summed E-state index contributed by atoms with van der Waals surface area (Å²) in [5.74, 6) is 0.306. The Hall–Kier alpha value is -2.28. The van der Waals surface area contributed by atoms with Gasteiger partial charge in [0.05, 0.1) is 0 Å². The van der Waals surface area contributed by atoms with Crippen molar-refractivity contribution in [2.45, 2.75) is 62.3 Å². The highest BCUT2D eigenvalue weighted by Gasteiger charge is 2.10. The average molecular weight is 357 g/mol. The van der Waals surface area contributed by atoms with E-state index in [0.717, 1.165) is 22.3 Å². The summed E-state index contributed by atoms with van der Waals surface area (Å²) in [5.41, 5.74) is 3.65. The number of rotatable bonds is 5. The quantitative estimate of drug-likeness (QED) is 0.524. The standard InChI is InChI=1S/C19H22O.3C2H6/c1-5-9-12-16(8-4)18-14-10-13-17(19(18)20)15(7-3)11-6-2;3*1-2/h5-14,20H,1H2,2-4H3;3*1-2H3/b11-6-,12-9-,15-7+,16-8+;;;. The number of aromatic hydroxyl groups is 1. The summed E-state index contributed by atoms with van der Waals surface area (Å²) in [7, 11) is 0. The lowest BCUT2D eigenvalue weighted by atomic mass is 9.96. The van der Waals surface area contributed by atoms with Crippen LogP contribution in [0, 0.1) is 0 Å². The van der Waals surface area contributed by atoms with Crippen LogP contribution >= 0.6 is 0 Å². The third kappa shape index (κ3) is 9.88. The van der Waals surface area contributed by atoms with Crippen LogP contribution in [0.1, 0.15) is 73.4 Å². The van der Waals surface area contributed by atoms with Gasteiger partial charge in [-0.15, -0.1) is 0 Å². The van der Waals surface area contributed by atoms with Crippen molar-refractivity contribution < 1.29 is 5.11 Å². The number of benzene rings is 1. The van der Waals surface area contributed by atoms with Crippen molar-refractivity contribution >= 4 is 11.1 Å². The number of para-hydroxylation sites is 1. The highest BCUT2D eigenvalue weighted by Crippen LogP contribution is 2.34. The first-order chi connectivity index (χ1) is 12.7. The van der Waals surface area contributed by atoms with Crippen molar-refractivity contribution in [1.82, 2.24) is 0 Å². The van der Waals surface area contributed by atoms with Gasteiger partial charge in [-0.25, -0.2) is 0 Å². The monoisotopic (exact) mass is 356 g/mol. The van der Waals surface area contributed by atoms with Crippen molar-refractivity contribution in [1.29, 1.82) is 0 Å². The molecule has 0 aliphatic carbocycles. The Balaban J connectivity index is -0.000000795. The molecule has 0 heterocycles. The van der Waals surface area contributed by atoms with Crippen LogP contribution in [0.4, 0.5) is 0 Å². The van der Waals surface area contributed by atoms with Crippen LogP contribution in [0.25, 0.3) is 11.1 Å². The fourth-order valence-corrected chi connectivity index (χ4v) is 2.04. The topological polar surface area (TPSA) is 20.2 Å². The summed E-state index contributed by atoms with van der Waals surface area (Å²) in [6.45, 7) is 21.6. The molecule has 0 atom stereocenters. The minimum absolute atomic E-state index is 0.306. The van der Waals surface area contributed by atoms with E-state index < -0.39 is 0 Å². The van der Waals surface area contributed by atoms with E-state index in [1.54, 1.807) is 6.08 Å². The Kier molecular flexibility index (Phi) is 22.8. The fraction of sp³-hybridized carbons (Fsp3) is 0.360. The summed E-state index contributed by atoms with van der Waals surface area (Å²) >= 11 is 0. The van der Waals surface area contributed by atoms with Crippen molar-refractivity contribution in [3.63, 3.8) is 0 Å². The predicted molar refractivity (Wildman–Crippen MR) is 124 cm³/mol. The smallest absolute Gasteiger partial charge is 0.131 e. The molecule has 0 amide bonds. The first kappa shape index (κ1) is 28.5. The zero-order valence-corrected chi connectivity index (χ0v) is 18.4. The van der Waals surface area contributed by atoms with Crippen molar-refractivity contribution in [3.8, 4) is 5.75 Å². The molecule has 0 bridgehead atoms. The Labute approximate surface area is 163 Å². The lowest BCUT2D eigenvalue weighted by Crippen LogP contribution is -1.88. The van der Waals surface area contributed by atoms with E-state index >= 15 is 0 Å². The summed E-state index contributed by atoms with van der Waals surface area (Å²) in [4.78, 5) is 0. The minimum atomic E-state index is 0.306. The largest absolute Gasteiger partial charge is 0.507 e. The molecule has 0 saturated heterocycles. The Bertz CT molecular complexity index is 584. The predicted octanol–water partition coefficient (Wildman–Crippen LogP) is 8.60. The zero-order chi connectivity index (χ0) is 21.0. The first-order valence-corrected chi connectivity index (χ1v) is 9.76. The minimum Gasteiger partial charge on any atom is -0.507 e. The van der Waals surface area contributed by atoms with E-state index in [1.807, 2.05) is 117 Å². The lowest BCUT2D eigenvalue weighted by molar-refractivity contribution is 0.472. The normalized spacial score (nSPS) is 11.0. The van der Waals surface area contributed by atoms with Crippen LogP contribution in [0.15, 0.2) is 67.3 Å². The molecular weight excluding hydrogens is 316 g/mol. The van der Waals surface area contributed by atoms with Crippen LogP contribution in [-0.4, -0.2) is 5.11 Å². The first-order valence-electron chi connectivity index (χ1n) is 9.76. The molecule has 0 aliphatic rings. The highest BCUT2D eigenvalue weighted by molar-refractivity contribution is 5.85. The molecule has 1 aromatic carbocycles. The molecule has 0 radical (unpaired) electrons. The van der Waals surface area contributed by atoms with Crippen LogP contribution < -0.4 is 0 Å². The van der Waals surface area contributed by atoms with Gasteiger partial charge in [0.1, 0.15) is 5.75 Å². The van der Waals surface area contributed by atoms with Crippen LogP contribution in [0.3, 0.4) is 0 Å². The number of allylic oxidation sites excluding steroid dienone is 9. The molecule has 1 rings (SSSR count). The van der Waals surface area contributed by atoms with E-state index in [1.165, 1.54) is 0 Å². The number of hydrogen-bond acceptors (Lipinski definition) is 1. The van der Waals surface area contributed by atoms with E-state index in [0.29, 0.717) is 5.75 Å². The van der Waals surface area contributed by atoms with Gasteiger partial charge in [0.2, 0.25) is 0 Å². The Morgan fingerprint density at radius 3 is 1.58 bits per heavy atom. The van der Waals surface area contributed by atoms with E-state index in [4.69, 9.17) is 0 Å².